The van der Waals surface area contributed by atoms with Gasteiger partial charge in [-0.25, -0.2) is 0 Å². The first-order chi connectivity index (χ1) is 14.2. The lowest BCUT2D eigenvalue weighted by molar-refractivity contribution is 0.302. The topological polar surface area (TPSA) is 26.7 Å². The van der Waals surface area contributed by atoms with Gasteiger partial charge in [-0.1, -0.05) is 44.0 Å². The summed E-state index contributed by atoms with van der Waals surface area (Å²) < 4.78 is 0. The second kappa shape index (κ2) is 10.2. The molecule has 2 aromatic rings. The van der Waals surface area contributed by atoms with Crippen molar-refractivity contribution in [2.45, 2.75) is 58.3 Å². The number of rotatable bonds is 10. The Balaban J connectivity index is 1.88. The molecule has 0 radical (unpaired) electrons. The van der Waals surface area contributed by atoms with Crippen LogP contribution >= 0.6 is 0 Å². The van der Waals surface area contributed by atoms with E-state index in [0.717, 1.165) is 19.6 Å². The molecule has 0 aromatic heterocycles. The first-order valence-corrected chi connectivity index (χ1v) is 11.5. The molecule has 0 heterocycles. The van der Waals surface area contributed by atoms with Gasteiger partial charge in [-0.15, -0.1) is 0 Å². The standard InChI is InChI=1S/C26H38N2O/c1-4-19-27(5-2)24-13-9-22(10-14-24)26(17-7-8-18-26)23-11-15-25(16-12-23)28(6-3)20-21-29/h9-16,29H,4-8,17-21H2,1-3H3. The highest BCUT2D eigenvalue weighted by Gasteiger charge is 2.37. The lowest BCUT2D eigenvalue weighted by Gasteiger charge is -2.32. The average Bonchev–Trinajstić information content (AvgIpc) is 3.27. The van der Waals surface area contributed by atoms with Crippen LogP contribution in [0.25, 0.3) is 0 Å². The van der Waals surface area contributed by atoms with Gasteiger partial charge >= 0.3 is 0 Å². The van der Waals surface area contributed by atoms with Crippen LogP contribution in [0.3, 0.4) is 0 Å². The van der Waals surface area contributed by atoms with Gasteiger partial charge in [0.25, 0.3) is 0 Å². The molecule has 158 valence electrons. The Labute approximate surface area is 177 Å². The van der Waals surface area contributed by atoms with Crippen molar-refractivity contribution >= 4 is 11.4 Å². The Morgan fingerprint density at radius 1 is 0.724 bits per heavy atom. The third-order valence-corrected chi connectivity index (χ3v) is 6.65. The number of aliphatic hydroxyl groups excluding tert-OH is 1. The van der Waals surface area contributed by atoms with Gasteiger partial charge in [-0.3, -0.25) is 0 Å². The van der Waals surface area contributed by atoms with E-state index < -0.39 is 0 Å². The summed E-state index contributed by atoms with van der Waals surface area (Å²) >= 11 is 0. The summed E-state index contributed by atoms with van der Waals surface area (Å²) in [6.45, 7) is 10.6. The molecule has 1 saturated carbocycles. The second-order valence-electron chi connectivity index (χ2n) is 8.27. The number of benzene rings is 2. The molecular formula is C26H38N2O. The minimum absolute atomic E-state index is 0.146. The van der Waals surface area contributed by atoms with Crippen molar-refractivity contribution in [2.75, 3.05) is 42.6 Å². The van der Waals surface area contributed by atoms with E-state index in [1.165, 1.54) is 54.6 Å². The largest absolute Gasteiger partial charge is 0.395 e. The van der Waals surface area contributed by atoms with Crippen molar-refractivity contribution in [3.63, 3.8) is 0 Å². The van der Waals surface area contributed by atoms with Crippen molar-refractivity contribution in [2.24, 2.45) is 0 Å². The predicted molar refractivity (Wildman–Crippen MR) is 125 cm³/mol. The zero-order valence-corrected chi connectivity index (χ0v) is 18.5. The van der Waals surface area contributed by atoms with E-state index in [-0.39, 0.29) is 12.0 Å². The molecule has 29 heavy (non-hydrogen) atoms. The van der Waals surface area contributed by atoms with E-state index in [4.69, 9.17) is 0 Å². The lowest BCUT2D eigenvalue weighted by atomic mass is 9.73. The molecule has 0 amide bonds. The van der Waals surface area contributed by atoms with Gasteiger partial charge in [0, 0.05) is 43.0 Å². The Hall–Kier alpha value is -2.00. The normalized spacial score (nSPS) is 15.4. The zero-order valence-electron chi connectivity index (χ0n) is 18.5. The molecule has 3 heteroatoms. The first-order valence-electron chi connectivity index (χ1n) is 11.5. The number of likely N-dealkylation sites (N-methyl/N-ethyl adjacent to an activating group) is 1. The van der Waals surface area contributed by atoms with Crippen LogP contribution in [-0.4, -0.2) is 37.9 Å². The molecule has 3 rings (SSSR count). The highest BCUT2D eigenvalue weighted by atomic mass is 16.3. The van der Waals surface area contributed by atoms with Crippen molar-refractivity contribution in [1.29, 1.82) is 0 Å². The molecule has 0 aliphatic heterocycles. The van der Waals surface area contributed by atoms with E-state index in [1.54, 1.807) is 0 Å². The third kappa shape index (κ3) is 4.61. The van der Waals surface area contributed by atoms with Crippen molar-refractivity contribution in [3.8, 4) is 0 Å². The predicted octanol–water partition coefficient (Wildman–Crippen LogP) is 5.60. The van der Waals surface area contributed by atoms with Crippen LogP contribution in [0.5, 0.6) is 0 Å². The lowest BCUT2D eigenvalue weighted by Crippen LogP contribution is -2.27. The number of anilines is 2. The molecule has 0 spiro atoms. The van der Waals surface area contributed by atoms with Crippen LogP contribution in [0.15, 0.2) is 48.5 Å². The summed E-state index contributed by atoms with van der Waals surface area (Å²) in [5, 5.41) is 9.31. The summed E-state index contributed by atoms with van der Waals surface area (Å²) in [4.78, 5) is 4.69. The fraction of sp³-hybridized carbons (Fsp3) is 0.538. The molecule has 0 saturated heterocycles. The summed E-state index contributed by atoms with van der Waals surface area (Å²) in [6, 6.07) is 18.5. The Morgan fingerprint density at radius 3 is 1.55 bits per heavy atom. The van der Waals surface area contributed by atoms with Gasteiger partial charge in [0.15, 0.2) is 0 Å². The molecule has 1 aliphatic rings. The van der Waals surface area contributed by atoms with E-state index >= 15 is 0 Å². The molecule has 0 atom stereocenters. The molecule has 1 aliphatic carbocycles. The van der Waals surface area contributed by atoms with E-state index in [0.29, 0.717) is 6.54 Å². The third-order valence-electron chi connectivity index (χ3n) is 6.65. The SMILES string of the molecule is CCCN(CC)c1ccc(C2(c3ccc(N(CC)CCO)cc3)CCCC2)cc1. The smallest absolute Gasteiger partial charge is 0.0606 e. The van der Waals surface area contributed by atoms with Gasteiger partial charge in [0.1, 0.15) is 0 Å². The van der Waals surface area contributed by atoms with Gasteiger partial charge in [-0.05, 0) is 68.5 Å². The monoisotopic (exact) mass is 394 g/mol. The highest BCUT2D eigenvalue weighted by molar-refractivity contribution is 5.54. The summed E-state index contributed by atoms with van der Waals surface area (Å²) in [5.41, 5.74) is 5.58. The quantitative estimate of drug-likeness (QED) is 0.568. The molecule has 0 unspecified atom stereocenters. The molecule has 1 fully saturated rings. The van der Waals surface area contributed by atoms with Crippen LogP contribution in [0, 0.1) is 0 Å². The maximum absolute atomic E-state index is 9.31. The van der Waals surface area contributed by atoms with Crippen LogP contribution < -0.4 is 9.80 Å². The van der Waals surface area contributed by atoms with Crippen molar-refractivity contribution in [1.82, 2.24) is 0 Å². The summed E-state index contributed by atoms with van der Waals surface area (Å²) in [5.74, 6) is 0. The second-order valence-corrected chi connectivity index (χ2v) is 8.27. The Morgan fingerprint density at radius 2 is 1.17 bits per heavy atom. The van der Waals surface area contributed by atoms with Crippen molar-refractivity contribution < 1.29 is 5.11 Å². The van der Waals surface area contributed by atoms with E-state index in [2.05, 4.69) is 79.1 Å². The molecule has 0 bridgehead atoms. The van der Waals surface area contributed by atoms with Gasteiger partial charge in [0.2, 0.25) is 0 Å². The van der Waals surface area contributed by atoms with Gasteiger partial charge < -0.3 is 14.9 Å². The van der Waals surface area contributed by atoms with Crippen LogP contribution in [0.1, 0.15) is 64.0 Å². The minimum atomic E-state index is 0.146. The number of hydrogen-bond donors (Lipinski definition) is 1. The fourth-order valence-electron chi connectivity index (χ4n) is 5.04. The van der Waals surface area contributed by atoms with Gasteiger partial charge in [-0.2, -0.15) is 0 Å². The average molecular weight is 395 g/mol. The number of nitrogens with zero attached hydrogens (tertiary/aromatic N) is 2. The Bertz CT molecular complexity index is 673. The molecule has 1 N–H and O–H groups in total. The maximum atomic E-state index is 9.31. The van der Waals surface area contributed by atoms with E-state index in [1.807, 2.05) is 0 Å². The Kier molecular flexibility index (Phi) is 7.60. The first kappa shape index (κ1) is 21.7. The van der Waals surface area contributed by atoms with Crippen LogP contribution in [0.4, 0.5) is 11.4 Å². The van der Waals surface area contributed by atoms with E-state index in [9.17, 15) is 5.11 Å². The summed E-state index contributed by atoms with van der Waals surface area (Å²) in [6.07, 6.45) is 6.23. The minimum Gasteiger partial charge on any atom is -0.395 e. The van der Waals surface area contributed by atoms with Crippen LogP contribution in [0.2, 0.25) is 0 Å². The molecule has 2 aromatic carbocycles. The number of hydrogen-bond acceptors (Lipinski definition) is 3. The maximum Gasteiger partial charge on any atom is 0.0606 e. The van der Waals surface area contributed by atoms with Crippen molar-refractivity contribution in [3.05, 3.63) is 59.7 Å². The number of aliphatic hydroxyl groups is 1. The molecule has 3 nitrogen and oxygen atoms in total. The van der Waals surface area contributed by atoms with Gasteiger partial charge in [0.05, 0.1) is 6.61 Å². The summed E-state index contributed by atoms with van der Waals surface area (Å²) in [7, 11) is 0. The molecular weight excluding hydrogens is 356 g/mol. The highest BCUT2D eigenvalue weighted by Crippen LogP contribution is 2.47. The fourth-order valence-corrected chi connectivity index (χ4v) is 5.04. The zero-order chi connectivity index (χ0) is 20.7. The van der Waals surface area contributed by atoms with Crippen LogP contribution in [-0.2, 0) is 5.41 Å².